The zero-order chi connectivity index (χ0) is 12.6. The normalized spacial score (nSPS) is 10.5. The molecule has 0 spiro atoms. The van der Waals surface area contributed by atoms with Crippen LogP contribution in [0.15, 0.2) is 30.3 Å². The number of nitrogens with two attached hydrogens (primary N) is 2. The lowest BCUT2D eigenvalue weighted by molar-refractivity contribution is 0.451. The van der Waals surface area contributed by atoms with Gasteiger partial charge in [-0.15, -0.1) is 0 Å². The van der Waals surface area contributed by atoms with Gasteiger partial charge in [-0.2, -0.15) is 0 Å². The lowest BCUT2D eigenvalue weighted by Crippen LogP contribution is -2.00. The van der Waals surface area contributed by atoms with E-state index in [1.807, 2.05) is 0 Å². The van der Waals surface area contributed by atoms with Crippen LogP contribution >= 0.6 is 0 Å². The van der Waals surface area contributed by atoms with Crippen LogP contribution in [0.4, 0.5) is 24.5 Å². The molecular formula is C12H9F3N2. The summed E-state index contributed by atoms with van der Waals surface area (Å²) in [5.41, 5.74) is 11.1. The summed E-state index contributed by atoms with van der Waals surface area (Å²) in [7, 11) is 0. The van der Waals surface area contributed by atoms with Crippen LogP contribution in [0.3, 0.4) is 0 Å². The molecule has 0 unspecified atom stereocenters. The Morgan fingerprint density at radius 2 is 1.35 bits per heavy atom. The van der Waals surface area contributed by atoms with E-state index in [1.165, 1.54) is 24.3 Å². The van der Waals surface area contributed by atoms with E-state index in [9.17, 15) is 13.2 Å². The minimum Gasteiger partial charge on any atom is -0.399 e. The van der Waals surface area contributed by atoms with Crippen LogP contribution in [-0.2, 0) is 0 Å². The van der Waals surface area contributed by atoms with Gasteiger partial charge in [0.15, 0.2) is 17.5 Å². The molecule has 4 N–H and O–H groups in total. The molecule has 0 aliphatic carbocycles. The Bertz CT molecular complexity index is 565. The Morgan fingerprint density at radius 3 is 1.94 bits per heavy atom. The summed E-state index contributed by atoms with van der Waals surface area (Å²) in [5.74, 6) is -4.21. The van der Waals surface area contributed by atoms with Gasteiger partial charge in [-0.3, -0.25) is 0 Å². The molecule has 2 aromatic carbocycles. The van der Waals surface area contributed by atoms with E-state index >= 15 is 0 Å². The highest BCUT2D eigenvalue weighted by Gasteiger charge is 2.17. The molecule has 88 valence electrons. The van der Waals surface area contributed by atoms with Crippen molar-refractivity contribution in [3.05, 3.63) is 47.8 Å². The van der Waals surface area contributed by atoms with E-state index in [1.54, 1.807) is 0 Å². The predicted octanol–water partition coefficient (Wildman–Crippen LogP) is 2.94. The highest BCUT2D eigenvalue weighted by atomic mass is 19.2. The van der Waals surface area contributed by atoms with Gasteiger partial charge in [-0.1, -0.05) is 12.1 Å². The second kappa shape index (κ2) is 4.01. The fourth-order valence-electron chi connectivity index (χ4n) is 1.50. The average molecular weight is 238 g/mol. The smallest absolute Gasteiger partial charge is 0.197 e. The van der Waals surface area contributed by atoms with Crippen molar-refractivity contribution < 1.29 is 13.2 Å². The van der Waals surface area contributed by atoms with Crippen molar-refractivity contribution in [2.45, 2.75) is 0 Å². The van der Waals surface area contributed by atoms with Gasteiger partial charge in [0.2, 0.25) is 0 Å². The lowest BCUT2D eigenvalue weighted by Gasteiger charge is -2.07. The number of rotatable bonds is 1. The van der Waals surface area contributed by atoms with E-state index in [-0.39, 0.29) is 5.56 Å². The standard InChI is InChI=1S/C12H9F3N2/c13-10-8(5-9(17)11(14)12(10)15)6-1-3-7(16)4-2-6/h1-5H,16-17H2. The van der Waals surface area contributed by atoms with Crippen molar-refractivity contribution in [2.24, 2.45) is 0 Å². The van der Waals surface area contributed by atoms with Crippen LogP contribution in [0.1, 0.15) is 0 Å². The Kier molecular flexibility index (Phi) is 2.67. The van der Waals surface area contributed by atoms with E-state index < -0.39 is 23.1 Å². The van der Waals surface area contributed by atoms with Crippen molar-refractivity contribution in [1.29, 1.82) is 0 Å². The minimum absolute atomic E-state index is 0.0959. The topological polar surface area (TPSA) is 52.0 Å². The maximum atomic E-state index is 13.5. The molecule has 17 heavy (non-hydrogen) atoms. The summed E-state index contributed by atoms with van der Waals surface area (Å²) in [6.45, 7) is 0. The second-order valence-corrected chi connectivity index (χ2v) is 3.58. The molecule has 2 nitrogen and oxygen atoms in total. The molecule has 0 aliphatic heterocycles. The molecule has 0 aliphatic rings. The van der Waals surface area contributed by atoms with Gasteiger partial charge in [-0.05, 0) is 23.8 Å². The first-order valence-electron chi connectivity index (χ1n) is 4.79. The van der Waals surface area contributed by atoms with Crippen molar-refractivity contribution >= 4 is 11.4 Å². The Labute approximate surface area is 95.7 Å². The summed E-state index contributed by atoms with van der Waals surface area (Å²) in [4.78, 5) is 0. The van der Waals surface area contributed by atoms with Gasteiger partial charge < -0.3 is 11.5 Å². The molecule has 2 rings (SSSR count). The van der Waals surface area contributed by atoms with Crippen LogP contribution in [0.5, 0.6) is 0 Å². The van der Waals surface area contributed by atoms with Gasteiger partial charge in [0.1, 0.15) is 0 Å². The molecule has 0 saturated heterocycles. The molecule has 0 atom stereocenters. The first-order chi connectivity index (χ1) is 8.00. The number of anilines is 2. The van der Waals surface area contributed by atoms with Crippen LogP contribution < -0.4 is 11.5 Å². The van der Waals surface area contributed by atoms with Gasteiger partial charge in [0, 0.05) is 11.3 Å². The van der Waals surface area contributed by atoms with Crippen molar-refractivity contribution in [3.8, 4) is 11.1 Å². The summed E-state index contributed by atoms with van der Waals surface area (Å²) in [6, 6.07) is 7.13. The number of hydrogen-bond donors (Lipinski definition) is 2. The molecule has 0 fully saturated rings. The third-order valence-corrected chi connectivity index (χ3v) is 2.40. The molecule has 0 radical (unpaired) electrons. The number of benzene rings is 2. The Balaban J connectivity index is 2.64. The predicted molar refractivity (Wildman–Crippen MR) is 60.6 cm³/mol. The zero-order valence-electron chi connectivity index (χ0n) is 8.68. The third kappa shape index (κ3) is 1.91. The minimum atomic E-state index is -1.57. The second-order valence-electron chi connectivity index (χ2n) is 3.58. The first-order valence-corrected chi connectivity index (χ1v) is 4.79. The molecule has 0 aromatic heterocycles. The average Bonchev–Trinajstić information content (AvgIpc) is 2.32. The summed E-state index contributed by atoms with van der Waals surface area (Å²) >= 11 is 0. The van der Waals surface area contributed by atoms with Crippen LogP contribution in [0, 0.1) is 17.5 Å². The highest BCUT2D eigenvalue weighted by Crippen LogP contribution is 2.29. The van der Waals surface area contributed by atoms with Crippen LogP contribution in [-0.4, -0.2) is 0 Å². The maximum absolute atomic E-state index is 13.5. The first kappa shape index (κ1) is 11.3. The van der Waals surface area contributed by atoms with Gasteiger partial charge in [0.05, 0.1) is 5.69 Å². The summed E-state index contributed by atoms with van der Waals surface area (Å²) in [5, 5.41) is 0. The molecular weight excluding hydrogens is 229 g/mol. The summed E-state index contributed by atoms with van der Waals surface area (Å²) < 4.78 is 39.7. The fraction of sp³-hybridized carbons (Fsp3) is 0. The van der Waals surface area contributed by atoms with Gasteiger partial charge in [-0.25, -0.2) is 13.2 Å². The third-order valence-electron chi connectivity index (χ3n) is 2.40. The van der Waals surface area contributed by atoms with Crippen molar-refractivity contribution in [1.82, 2.24) is 0 Å². The fourth-order valence-corrected chi connectivity index (χ4v) is 1.50. The largest absolute Gasteiger partial charge is 0.399 e. The Hall–Kier alpha value is -2.17. The number of hydrogen-bond acceptors (Lipinski definition) is 2. The molecule has 0 bridgehead atoms. The molecule has 0 heterocycles. The quantitative estimate of drug-likeness (QED) is 0.592. The zero-order valence-corrected chi connectivity index (χ0v) is 8.68. The highest BCUT2D eigenvalue weighted by molar-refractivity contribution is 5.69. The number of halogens is 3. The maximum Gasteiger partial charge on any atom is 0.197 e. The molecule has 2 aromatic rings. The van der Waals surface area contributed by atoms with Crippen molar-refractivity contribution in [3.63, 3.8) is 0 Å². The van der Waals surface area contributed by atoms with Crippen LogP contribution in [0.2, 0.25) is 0 Å². The molecule has 5 heteroatoms. The van der Waals surface area contributed by atoms with E-state index in [0.717, 1.165) is 6.07 Å². The van der Waals surface area contributed by atoms with E-state index in [2.05, 4.69) is 0 Å². The lowest BCUT2D eigenvalue weighted by atomic mass is 10.0. The number of nitrogen functional groups attached to an aromatic ring is 2. The Morgan fingerprint density at radius 1 is 0.765 bits per heavy atom. The van der Waals surface area contributed by atoms with Gasteiger partial charge in [0.25, 0.3) is 0 Å². The van der Waals surface area contributed by atoms with E-state index in [0.29, 0.717) is 11.3 Å². The SMILES string of the molecule is Nc1ccc(-c2cc(N)c(F)c(F)c2F)cc1. The summed E-state index contributed by atoms with van der Waals surface area (Å²) in [6.07, 6.45) is 0. The van der Waals surface area contributed by atoms with Crippen molar-refractivity contribution in [2.75, 3.05) is 11.5 Å². The van der Waals surface area contributed by atoms with E-state index in [4.69, 9.17) is 11.5 Å². The monoisotopic (exact) mass is 238 g/mol. The molecule has 0 saturated carbocycles. The molecule has 0 amide bonds. The van der Waals surface area contributed by atoms with Gasteiger partial charge >= 0.3 is 0 Å². The van der Waals surface area contributed by atoms with Crippen LogP contribution in [0.25, 0.3) is 11.1 Å².